The fraction of sp³-hybridized carbons (Fsp3) is 0.296. The van der Waals surface area contributed by atoms with E-state index in [1.807, 2.05) is 54.6 Å². The lowest BCUT2D eigenvalue weighted by atomic mass is 9.89. The molecule has 1 spiro atoms. The zero-order valence-electron chi connectivity index (χ0n) is 18.0. The molecule has 2 heterocycles. The topological polar surface area (TPSA) is 47.6 Å². The number of benzene rings is 3. The Morgan fingerprint density at radius 1 is 0.818 bits per heavy atom. The number of Topliss-reactive ketones (excluding diaryl/α,β-unsaturated/α-hetero) is 1. The van der Waals surface area contributed by atoms with E-state index in [9.17, 15) is 4.79 Å². The number of ether oxygens (including phenoxy) is 2. The normalized spacial score (nSPS) is 18.5. The van der Waals surface area contributed by atoms with Crippen LogP contribution in [0, 0.1) is 5.92 Å². The standard InChI is InChI=1S/C27H23Cl2NO3/c28-20-4-6-22-17(13-20)1-2-18-14-21(29)5-7-23(18)27(22)32-24-8-3-19(15-25(24)33-27)26(31)16-9-11-30-12-10-16/h3-8,13-16,30H,1-2,9-12H2. The molecule has 0 saturated carbocycles. The highest BCUT2D eigenvalue weighted by Crippen LogP contribution is 2.51. The first-order chi connectivity index (χ1) is 16.0. The van der Waals surface area contributed by atoms with Crippen LogP contribution >= 0.6 is 23.2 Å². The summed E-state index contributed by atoms with van der Waals surface area (Å²) in [7, 11) is 0. The molecule has 1 aliphatic carbocycles. The molecule has 0 aromatic heterocycles. The smallest absolute Gasteiger partial charge is 0.306 e. The van der Waals surface area contributed by atoms with Crippen molar-refractivity contribution < 1.29 is 14.3 Å². The highest BCUT2D eigenvalue weighted by atomic mass is 35.5. The summed E-state index contributed by atoms with van der Waals surface area (Å²) in [5.41, 5.74) is 4.68. The van der Waals surface area contributed by atoms with Gasteiger partial charge in [-0.15, -0.1) is 0 Å². The van der Waals surface area contributed by atoms with E-state index >= 15 is 0 Å². The quantitative estimate of drug-likeness (QED) is 0.461. The number of ketones is 1. The molecule has 168 valence electrons. The number of rotatable bonds is 2. The van der Waals surface area contributed by atoms with Gasteiger partial charge in [-0.2, -0.15) is 0 Å². The van der Waals surface area contributed by atoms with E-state index < -0.39 is 5.79 Å². The molecule has 3 aliphatic rings. The minimum atomic E-state index is -1.14. The summed E-state index contributed by atoms with van der Waals surface area (Å²) in [5.74, 6) is 0.280. The lowest BCUT2D eigenvalue weighted by Crippen LogP contribution is -2.38. The first-order valence-corrected chi connectivity index (χ1v) is 12.1. The maximum Gasteiger partial charge on any atom is 0.306 e. The number of piperidine rings is 1. The zero-order valence-corrected chi connectivity index (χ0v) is 19.5. The number of hydrogen-bond donors (Lipinski definition) is 1. The zero-order chi connectivity index (χ0) is 22.6. The molecule has 4 nitrogen and oxygen atoms in total. The molecule has 33 heavy (non-hydrogen) atoms. The first-order valence-electron chi connectivity index (χ1n) is 11.4. The number of carbonyl (C=O) groups excluding carboxylic acids is 1. The number of carbonyl (C=O) groups is 1. The van der Waals surface area contributed by atoms with E-state index in [1.165, 1.54) is 0 Å². The monoisotopic (exact) mass is 479 g/mol. The van der Waals surface area contributed by atoms with Gasteiger partial charge in [0, 0.05) is 32.7 Å². The van der Waals surface area contributed by atoms with Crippen LogP contribution in [0.1, 0.15) is 45.5 Å². The van der Waals surface area contributed by atoms with Crippen LogP contribution in [0.4, 0.5) is 0 Å². The molecular formula is C27H23Cl2NO3. The molecule has 0 radical (unpaired) electrons. The van der Waals surface area contributed by atoms with E-state index in [0.717, 1.165) is 61.0 Å². The molecule has 1 saturated heterocycles. The van der Waals surface area contributed by atoms with Crippen LogP contribution in [0.5, 0.6) is 11.5 Å². The summed E-state index contributed by atoms with van der Waals surface area (Å²) in [6.07, 6.45) is 3.32. The Hall–Kier alpha value is -2.53. The van der Waals surface area contributed by atoms with Gasteiger partial charge < -0.3 is 14.8 Å². The second-order valence-corrected chi connectivity index (χ2v) is 9.85. The van der Waals surface area contributed by atoms with Gasteiger partial charge in [0.25, 0.3) is 0 Å². The number of aryl methyl sites for hydroxylation is 2. The Morgan fingerprint density at radius 3 is 2.06 bits per heavy atom. The number of halogens is 2. The number of fused-ring (bicyclic) bond motifs is 5. The summed E-state index contributed by atoms with van der Waals surface area (Å²) in [5, 5.41) is 4.68. The van der Waals surface area contributed by atoms with E-state index in [0.29, 0.717) is 27.1 Å². The third kappa shape index (κ3) is 3.52. The van der Waals surface area contributed by atoms with Crippen LogP contribution in [0.15, 0.2) is 54.6 Å². The van der Waals surface area contributed by atoms with E-state index in [2.05, 4.69) is 5.32 Å². The van der Waals surface area contributed by atoms with Crippen molar-refractivity contribution in [1.82, 2.24) is 5.32 Å². The lowest BCUT2D eigenvalue weighted by molar-refractivity contribution is -0.0464. The molecule has 6 heteroatoms. The van der Waals surface area contributed by atoms with Gasteiger partial charge in [-0.3, -0.25) is 4.79 Å². The van der Waals surface area contributed by atoms with Crippen LogP contribution in [-0.4, -0.2) is 18.9 Å². The largest absolute Gasteiger partial charge is 0.440 e. The van der Waals surface area contributed by atoms with Gasteiger partial charge in [-0.05, 0) is 104 Å². The van der Waals surface area contributed by atoms with Gasteiger partial charge in [0.05, 0.1) is 0 Å². The van der Waals surface area contributed by atoms with Crippen molar-refractivity contribution in [3.63, 3.8) is 0 Å². The predicted octanol–water partition coefficient (Wildman–Crippen LogP) is 5.95. The fourth-order valence-electron chi connectivity index (χ4n) is 5.29. The van der Waals surface area contributed by atoms with Crippen molar-refractivity contribution in [3.8, 4) is 11.5 Å². The Balaban J connectivity index is 1.45. The van der Waals surface area contributed by atoms with Gasteiger partial charge in [0.15, 0.2) is 17.3 Å². The minimum absolute atomic E-state index is 0.0456. The molecule has 1 fully saturated rings. The van der Waals surface area contributed by atoms with E-state index in [4.69, 9.17) is 32.7 Å². The average Bonchev–Trinajstić information content (AvgIpc) is 3.16. The molecular weight excluding hydrogens is 457 g/mol. The van der Waals surface area contributed by atoms with E-state index in [-0.39, 0.29) is 11.7 Å². The van der Waals surface area contributed by atoms with Crippen molar-refractivity contribution in [2.24, 2.45) is 5.92 Å². The van der Waals surface area contributed by atoms with Crippen molar-refractivity contribution in [2.75, 3.05) is 13.1 Å². The second kappa shape index (κ2) is 8.05. The Labute approximate surface area is 202 Å². The number of nitrogens with one attached hydrogen (secondary N) is 1. The maximum atomic E-state index is 13.1. The average molecular weight is 480 g/mol. The van der Waals surface area contributed by atoms with Crippen molar-refractivity contribution in [1.29, 1.82) is 0 Å². The molecule has 6 rings (SSSR count). The fourth-order valence-corrected chi connectivity index (χ4v) is 5.68. The van der Waals surface area contributed by atoms with Crippen LogP contribution in [0.25, 0.3) is 0 Å². The van der Waals surface area contributed by atoms with Gasteiger partial charge in [0.2, 0.25) is 0 Å². The van der Waals surface area contributed by atoms with Gasteiger partial charge in [-0.1, -0.05) is 23.2 Å². The third-order valence-electron chi connectivity index (χ3n) is 6.95. The molecule has 2 aliphatic heterocycles. The Morgan fingerprint density at radius 2 is 1.42 bits per heavy atom. The van der Waals surface area contributed by atoms with Gasteiger partial charge in [-0.25, -0.2) is 0 Å². The Bertz CT molecular complexity index is 1210. The van der Waals surface area contributed by atoms with Crippen LogP contribution in [0.3, 0.4) is 0 Å². The molecule has 0 bridgehead atoms. The summed E-state index contributed by atoms with van der Waals surface area (Å²) in [4.78, 5) is 13.1. The summed E-state index contributed by atoms with van der Waals surface area (Å²) in [6, 6.07) is 17.2. The van der Waals surface area contributed by atoms with Crippen molar-refractivity contribution in [2.45, 2.75) is 31.5 Å². The molecule has 0 unspecified atom stereocenters. The van der Waals surface area contributed by atoms with E-state index in [1.54, 1.807) is 0 Å². The highest BCUT2D eigenvalue weighted by Gasteiger charge is 2.49. The molecule has 1 N–H and O–H groups in total. The van der Waals surface area contributed by atoms with Crippen LogP contribution in [-0.2, 0) is 18.6 Å². The first kappa shape index (κ1) is 21.0. The summed E-state index contributed by atoms with van der Waals surface area (Å²) < 4.78 is 13.3. The Kier molecular flexibility index (Phi) is 5.13. The minimum Gasteiger partial charge on any atom is -0.440 e. The highest BCUT2D eigenvalue weighted by molar-refractivity contribution is 6.31. The van der Waals surface area contributed by atoms with Crippen molar-refractivity contribution in [3.05, 3.63) is 92.5 Å². The van der Waals surface area contributed by atoms with Crippen LogP contribution < -0.4 is 14.8 Å². The molecule has 3 aromatic carbocycles. The summed E-state index contributed by atoms with van der Waals surface area (Å²) in [6.45, 7) is 1.76. The number of hydrogen-bond acceptors (Lipinski definition) is 4. The molecule has 0 atom stereocenters. The van der Waals surface area contributed by atoms with Crippen LogP contribution in [0.2, 0.25) is 10.0 Å². The predicted molar refractivity (Wildman–Crippen MR) is 129 cm³/mol. The maximum absolute atomic E-state index is 13.1. The van der Waals surface area contributed by atoms with Crippen molar-refractivity contribution >= 4 is 29.0 Å². The lowest BCUT2D eigenvalue weighted by Gasteiger charge is -2.30. The third-order valence-corrected chi connectivity index (χ3v) is 7.42. The molecule has 3 aromatic rings. The second-order valence-electron chi connectivity index (χ2n) is 8.97. The SMILES string of the molecule is O=C(c1ccc2c(c1)OC1(O2)c2ccc(Cl)cc2CCc2cc(Cl)ccc21)C1CCNCC1. The van der Waals surface area contributed by atoms with Gasteiger partial charge in [0.1, 0.15) is 0 Å². The molecule has 0 amide bonds. The van der Waals surface area contributed by atoms with Gasteiger partial charge >= 0.3 is 5.79 Å². The summed E-state index contributed by atoms with van der Waals surface area (Å²) >= 11 is 12.7.